The summed E-state index contributed by atoms with van der Waals surface area (Å²) in [7, 11) is 0. The number of carbonyl (C=O) groups is 2. The van der Waals surface area contributed by atoms with E-state index >= 15 is 0 Å². The number of carbonyl (C=O) groups excluding carboxylic acids is 1. The predicted molar refractivity (Wildman–Crippen MR) is 92.7 cm³/mol. The maximum absolute atomic E-state index is 12.8. The highest BCUT2D eigenvalue weighted by atomic mass is 16.7. The van der Waals surface area contributed by atoms with Crippen LogP contribution >= 0.6 is 0 Å². The number of carboxylic acids is 1. The molecule has 2 aliphatic rings. The number of ketones is 1. The van der Waals surface area contributed by atoms with Crippen molar-refractivity contribution in [2.24, 2.45) is 11.8 Å². The molecule has 5 heteroatoms. The van der Waals surface area contributed by atoms with Crippen molar-refractivity contribution in [2.45, 2.75) is 57.5 Å². The first-order valence-electron chi connectivity index (χ1n) is 9.26. The van der Waals surface area contributed by atoms with Crippen LogP contribution in [0.25, 0.3) is 0 Å². The van der Waals surface area contributed by atoms with Crippen LogP contribution in [-0.4, -0.2) is 29.8 Å². The van der Waals surface area contributed by atoms with Gasteiger partial charge in [0.2, 0.25) is 0 Å². The summed E-state index contributed by atoms with van der Waals surface area (Å²) in [5.74, 6) is -1.37. The van der Waals surface area contributed by atoms with E-state index in [0.717, 1.165) is 25.7 Å². The maximum Gasteiger partial charge on any atom is 0.307 e. The molecule has 1 aromatic rings. The van der Waals surface area contributed by atoms with Gasteiger partial charge >= 0.3 is 5.97 Å². The third kappa shape index (κ3) is 4.60. The lowest BCUT2D eigenvalue weighted by atomic mass is 9.75. The first-order chi connectivity index (χ1) is 12.1. The average Bonchev–Trinajstić information content (AvgIpc) is 3.15. The van der Waals surface area contributed by atoms with Crippen LogP contribution in [0.3, 0.4) is 0 Å². The van der Waals surface area contributed by atoms with E-state index in [1.165, 1.54) is 12.8 Å². The monoisotopic (exact) mass is 346 g/mol. The molecule has 2 saturated carbocycles. The molecule has 0 unspecified atom stereocenters. The number of rotatable bonds is 7. The molecular formula is C20H26O5. The quantitative estimate of drug-likeness (QED) is 0.595. The SMILES string of the molecule is O=C(O)[C@H]1CCCC[C@H]1C(=O)c1cccc(OCOC2CCCC2)c1. The topological polar surface area (TPSA) is 72.8 Å². The molecule has 0 bridgehead atoms. The second-order valence-corrected chi connectivity index (χ2v) is 7.06. The molecule has 2 fully saturated rings. The fourth-order valence-electron chi connectivity index (χ4n) is 3.95. The van der Waals surface area contributed by atoms with Crippen molar-refractivity contribution < 1.29 is 24.2 Å². The fourth-order valence-corrected chi connectivity index (χ4v) is 3.95. The zero-order valence-corrected chi connectivity index (χ0v) is 14.5. The lowest BCUT2D eigenvalue weighted by Crippen LogP contribution is -2.32. The summed E-state index contributed by atoms with van der Waals surface area (Å²) in [5.41, 5.74) is 0.525. The van der Waals surface area contributed by atoms with E-state index in [4.69, 9.17) is 9.47 Å². The van der Waals surface area contributed by atoms with Gasteiger partial charge in [0.15, 0.2) is 12.6 Å². The van der Waals surface area contributed by atoms with Crippen LogP contribution in [0.1, 0.15) is 61.7 Å². The normalized spacial score (nSPS) is 24.2. The Kier molecular flexibility index (Phi) is 6.08. The van der Waals surface area contributed by atoms with E-state index in [2.05, 4.69) is 0 Å². The Labute approximate surface area is 148 Å². The second-order valence-electron chi connectivity index (χ2n) is 7.06. The molecule has 0 amide bonds. The van der Waals surface area contributed by atoms with E-state index < -0.39 is 17.8 Å². The number of Topliss-reactive ketones (excluding diaryl/α,β-unsaturated/α-hetero) is 1. The van der Waals surface area contributed by atoms with Gasteiger partial charge in [-0.15, -0.1) is 0 Å². The maximum atomic E-state index is 12.8. The molecule has 1 aromatic carbocycles. The van der Waals surface area contributed by atoms with Crippen LogP contribution in [0.2, 0.25) is 0 Å². The van der Waals surface area contributed by atoms with E-state index in [1.54, 1.807) is 24.3 Å². The van der Waals surface area contributed by atoms with Crippen molar-refractivity contribution in [3.8, 4) is 5.75 Å². The number of aliphatic carboxylic acids is 1. The molecule has 3 rings (SSSR count). The lowest BCUT2D eigenvalue weighted by Gasteiger charge is -2.27. The minimum Gasteiger partial charge on any atom is -0.481 e. The third-order valence-corrected chi connectivity index (χ3v) is 5.37. The van der Waals surface area contributed by atoms with Gasteiger partial charge in [0.05, 0.1) is 12.0 Å². The van der Waals surface area contributed by atoms with Crippen LogP contribution < -0.4 is 4.74 Å². The summed E-state index contributed by atoms with van der Waals surface area (Å²) in [6.45, 7) is 0.184. The highest BCUT2D eigenvalue weighted by Crippen LogP contribution is 2.33. The molecule has 0 spiro atoms. The number of benzene rings is 1. The summed E-state index contributed by atoms with van der Waals surface area (Å²) in [5, 5.41) is 9.39. The molecule has 2 aliphatic carbocycles. The molecule has 0 aliphatic heterocycles. The van der Waals surface area contributed by atoms with Gasteiger partial charge in [0.25, 0.3) is 0 Å². The number of carboxylic acid groups (broad SMARTS) is 1. The van der Waals surface area contributed by atoms with Gasteiger partial charge in [-0.1, -0.05) is 37.8 Å². The Hall–Kier alpha value is -1.88. The largest absolute Gasteiger partial charge is 0.481 e. The van der Waals surface area contributed by atoms with Crippen LogP contribution in [-0.2, 0) is 9.53 Å². The van der Waals surface area contributed by atoms with Crippen LogP contribution in [0.5, 0.6) is 5.75 Å². The van der Waals surface area contributed by atoms with Gasteiger partial charge in [-0.2, -0.15) is 0 Å². The summed E-state index contributed by atoms with van der Waals surface area (Å²) in [6.07, 6.45) is 7.88. The number of hydrogen-bond donors (Lipinski definition) is 1. The zero-order valence-electron chi connectivity index (χ0n) is 14.5. The van der Waals surface area contributed by atoms with Crippen molar-refractivity contribution >= 4 is 11.8 Å². The van der Waals surface area contributed by atoms with Crippen molar-refractivity contribution in [1.82, 2.24) is 0 Å². The van der Waals surface area contributed by atoms with Gasteiger partial charge in [-0.05, 0) is 37.8 Å². The smallest absolute Gasteiger partial charge is 0.307 e. The van der Waals surface area contributed by atoms with Gasteiger partial charge < -0.3 is 14.6 Å². The van der Waals surface area contributed by atoms with E-state index in [1.807, 2.05) is 0 Å². The molecule has 5 nitrogen and oxygen atoms in total. The van der Waals surface area contributed by atoms with Crippen LogP contribution in [0, 0.1) is 11.8 Å². The molecule has 0 aromatic heterocycles. The Morgan fingerprint density at radius 1 is 1.00 bits per heavy atom. The Morgan fingerprint density at radius 2 is 1.68 bits per heavy atom. The van der Waals surface area contributed by atoms with Crippen LogP contribution in [0.15, 0.2) is 24.3 Å². The van der Waals surface area contributed by atoms with E-state index in [0.29, 0.717) is 24.2 Å². The standard InChI is InChI=1S/C20H26O5/c21-19(17-10-3-4-11-18(17)20(22)23)14-6-5-9-16(12-14)25-13-24-15-7-1-2-8-15/h5-6,9,12,15,17-18H,1-4,7-8,10-11,13H2,(H,22,23)/t17-,18+/m1/s1. The van der Waals surface area contributed by atoms with Crippen molar-refractivity contribution in [3.05, 3.63) is 29.8 Å². The average molecular weight is 346 g/mol. The van der Waals surface area contributed by atoms with Crippen molar-refractivity contribution in [3.63, 3.8) is 0 Å². The minimum absolute atomic E-state index is 0.0886. The highest BCUT2D eigenvalue weighted by molar-refractivity contribution is 6.00. The molecule has 2 atom stereocenters. The zero-order chi connectivity index (χ0) is 17.6. The molecule has 0 saturated heterocycles. The molecule has 136 valence electrons. The number of hydrogen-bond acceptors (Lipinski definition) is 4. The molecule has 0 heterocycles. The molecule has 25 heavy (non-hydrogen) atoms. The van der Waals surface area contributed by atoms with Crippen molar-refractivity contribution in [2.75, 3.05) is 6.79 Å². The molecule has 1 N–H and O–H groups in total. The van der Waals surface area contributed by atoms with Gasteiger partial charge in [-0.25, -0.2) is 0 Å². The van der Waals surface area contributed by atoms with Gasteiger partial charge in [-0.3, -0.25) is 9.59 Å². The van der Waals surface area contributed by atoms with Crippen LogP contribution in [0.4, 0.5) is 0 Å². The minimum atomic E-state index is -0.865. The Balaban J connectivity index is 1.61. The highest BCUT2D eigenvalue weighted by Gasteiger charge is 2.36. The summed E-state index contributed by atoms with van der Waals surface area (Å²) >= 11 is 0. The van der Waals surface area contributed by atoms with E-state index in [9.17, 15) is 14.7 Å². The Bertz CT molecular complexity index is 606. The first kappa shape index (κ1) is 17.9. The van der Waals surface area contributed by atoms with Gasteiger partial charge in [0.1, 0.15) is 5.75 Å². The van der Waals surface area contributed by atoms with Gasteiger partial charge in [0, 0.05) is 11.5 Å². The molecule has 0 radical (unpaired) electrons. The summed E-state index contributed by atoms with van der Waals surface area (Å²) in [4.78, 5) is 24.2. The second kappa shape index (κ2) is 8.48. The lowest BCUT2D eigenvalue weighted by molar-refractivity contribution is -0.144. The first-order valence-corrected chi connectivity index (χ1v) is 9.26. The van der Waals surface area contributed by atoms with Crippen molar-refractivity contribution in [1.29, 1.82) is 0 Å². The number of ether oxygens (including phenoxy) is 2. The summed E-state index contributed by atoms with van der Waals surface area (Å²) < 4.78 is 11.3. The molecular weight excluding hydrogens is 320 g/mol. The van der Waals surface area contributed by atoms with E-state index in [-0.39, 0.29) is 18.7 Å². The third-order valence-electron chi connectivity index (χ3n) is 5.37. The fraction of sp³-hybridized carbons (Fsp3) is 0.600. The summed E-state index contributed by atoms with van der Waals surface area (Å²) in [6, 6.07) is 7.01. The predicted octanol–water partition coefficient (Wildman–Crippen LogP) is 4.06. The Morgan fingerprint density at radius 3 is 2.40 bits per heavy atom.